The fourth-order valence-electron chi connectivity index (χ4n) is 1.37. The zero-order valence-corrected chi connectivity index (χ0v) is 9.95. The van der Waals surface area contributed by atoms with Gasteiger partial charge in [0.25, 0.3) is 5.91 Å². The Morgan fingerprint density at radius 2 is 2.44 bits per heavy atom. The number of aryl methyl sites for hydroxylation is 1. The number of nitrogens with zero attached hydrogens (tertiary/aromatic N) is 2. The van der Waals surface area contributed by atoms with E-state index >= 15 is 0 Å². The Morgan fingerprint density at radius 1 is 1.62 bits per heavy atom. The predicted octanol–water partition coefficient (Wildman–Crippen LogP) is 2.32. The standard InChI is InChI=1S/C11H12N2O2S/c1-8-12-6-9(16-8)7-13(2)11(14)10-4-3-5-15-10/h3-6H,7H2,1-2H3. The first-order chi connectivity index (χ1) is 7.66. The monoisotopic (exact) mass is 236 g/mol. The van der Waals surface area contributed by atoms with Crippen molar-refractivity contribution in [1.29, 1.82) is 0 Å². The van der Waals surface area contributed by atoms with Crippen LogP contribution in [0.5, 0.6) is 0 Å². The molecule has 0 saturated carbocycles. The summed E-state index contributed by atoms with van der Waals surface area (Å²) in [6, 6.07) is 3.37. The number of amides is 1. The van der Waals surface area contributed by atoms with Gasteiger partial charge in [-0.15, -0.1) is 11.3 Å². The van der Waals surface area contributed by atoms with Crippen molar-refractivity contribution in [3.63, 3.8) is 0 Å². The molecule has 0 unspecified atom stereocenters. The van der Waals surface area contributed by atoms with E-state index in [-0.39, 0.29) is 5.91 Å². The average Bonchev–Trinajstić information content (AvgIpc) is 2.88. The summed E-state index contributed by atoms with van der Waals surface area (Å²) in [6.45, 7) is 2.51. The van der Waals surface area contributed by atoms with E-state index in [0.717, 1.165) is 9.88 Å². The smallest absolute Gasteiger partial charge is 0.289 e. The SMILES string of the molecule is Cc1ncc(CN(C)C(=O)c2ccco2)s1. The molecule has 0 saturated heterocycles. The summed E-state index contributed by atoms with van der Waals surface area (Å²) in [5.41, 5.74) is 0. The molecule has 0 aromatic carbocycles. The summed E-state index contributed by atoms with van der Waals surface area (Å²) in [4.78, 5) is 18.7. The molecule has 1 amide bonds. The third-order valence-electron chi connectivity index (χ3n) is 2.14. The highest BCUT2D eigenvalue weighted by molar-refractivity contribution is 7.11. The van der Waals surface area contributed by atoms with Crippen LogP contribution >= 0.6 is 11.3 Å². The molecule has 4 nitrogen and oxygen atoms in total. The number of carbonyl (C=O) groups excluding carboxylic acids is 1. The molecule has 0 fully saturated rings. The van der Waals surface area contributed by atoms with Crippen LogP contribution in [-0.2, 0) is 6.54 Å². The maximum atomic E-state index is 11.8. The Labute approximate surface area is 97.5 Å². The third kappa shape index (κ3) is 2.30. The van der Waals surface area contributed by atoms with Crippen molar-refractivity contribution >= 4 is 17.2 Å². The predicted molar refractivity (Wildman–Crippen MR) is 61.4 cm³/mol. The number of carbonyl (C=O) groups is 1. The van der Waals surface area contributed by atoms with Gasteiger partial charge >= 0.3 is 0 Å². The van der Waals surface area contributed by atoms with E-state index in [1.54, 1.807) is 41.6 Å². The van der Waals surface area contributed by atoms with Crippen molar-refractivity contribution in [2.75, 3.05) is 7.05 Å². The number of rotatable bonds is 3. The second-order valence-electron chi connectivity index (χ2n) is 3.48. The largest absolute Gasteiger partial charge is 0.459 e. The average molecular weight is 236 g/mol. The molecule has 0 atom stereocenters. The summed E-state index contributed by atoms with van der Waals surface area (Å²) in [7, 11) is 1.75. The molecule has 0 aliphatic carbocycles. The van der Waals surface area contributed by atoms with Gasteiger partial charge in [-0.2, -0.15) is 0 Å². The van der Waals surface area contributed by atoms with Gasteiger partial charge in [-0.05, 0) is 19.1 Å². The summed E-state index contributed by atoms with van der Waals surface area (Å²) < 4.78 is 5.06. The topological polar surface area (TPSA) is 46.3 Å². The molecule has 0 spiro atoms. The van der Waals surface area contributed by atoms with Gasteiger partial charge in [0, 0.05) is 18.1 Å². The molecule has 2 rings (SSSR count). The van der Waals surface area contributed by atoms with Gasteiger partial charge in [0.15, 0.2) is 5.76 Å². The fourth-order valence-corrected chi connectivity index (χ4v) is 2.22. The van der Waals surface area contributed by atoms with Gasteiger partial charge in [-0.25, -0.2) is 4.98 Å². The van der Waals surface area contributed by atoms with E-state index in [1.165, 1.54) is 6.26 Å². The van der Waals surface area contributed by atoms with Gasteiger partial charge in [0.1, 0.15) is 0 Å². The van der Waals surface area contributed by atoms with Crippen LogP contribution in [0.4, 0.5) is 0 Å². The molecule has 0 bridgehead atoms. The highest BCUT2D eigenvalue weighted by Crippen LogP contribution is 2.14. The quantitative estimate of drug-likeness (QED) is 0.821. The van der Waals surface area contributed by atoms with Crippen LogP contribution in [0.3, 0.4) is 0 Å². The van der Waals surface area contributed by atoms with Gasteiger partial charge in [-0.1, -0.05) is 0 Å². The van der Waals surface area contributed by atoms with Crippen LogP contribution < -0.4 is 0 Å². The lowest BCUT2D eigenvalue weighted by atomic mass is 10.4. The Kier molecular flexibility index (Phi) is 3.05. The highest BCUT2D eigenvalue weighted by atomic mass is 32.1. The molecular weight excluding hydrogens is 224 g/mol. The highest BCUT2D eigenvalue weighted by Gasteiger charge is 2.15. The molecule has 0 aliphatic rings. The number of thiazole rings is 1. The fraction of sp³-hybridized carbons (Fsp3) is 0.273. The van der Waals surface area contributed by atoms with E-state index in [9.17, 15) is 4.79 Å². The van der Waals surface area contributed by atoms with Crippen LogP contribution in [0.25, 0.3) is 0 Å². The zero-order chi connectivity index (χ0) is 11.5. The van der Waals surface area contributed by atoms with Crippen molar-refractivity contribution < 1.29 is 9.21 Å². The van der Waals surface area contributed by atoms with Gasteiger partial charge in [-0.3, -0.25) is 4.79 Å². The lowest BCUT2D eigenvalue weighted by Gasteiger charge is -2.13. The van der Waals surface area contributed by atoms with E-state index in [0.29, 0.717) is 12.3 Å². The molecule has 5 heteroatoms. The van der Waals surface area contributed by atoms with Gasteiger partial charge < -0.3 is 9.32 Å². The molecule has 0 aliphatic heterocycles. The summed E-state index contributed by atoms with van der Waals surface area (Å²) >= 11 is 1.60. The van der Waals surface area contributed by atoms with Crippen LogP contribution in [0.15, 0.2) is 29.0 Å². The van der Waals surface area contributed by atoms with Crippen LogP contribution in [0.2, 0.25) is 0 Å². The molecule has 0 N–H and O–H groups in total. The van der Waals surface area contributed by atoms with Crippen LogP contribution in [0, 0.1) is 6.92 Å². The minimum Gasteiger partial charge on any atom is -0.459 e. The van der Waals surface area contributed by atoms with E-state index in [2.05, 4.69) is 4.98 Å². The third-order valence-corrected chi connectivity index (χ3v) is 3.04. The van der Waals surface area contributed by atoms with Crippen molar-refractivity contribution in [3.05, 3.63) is 40.2 Å². The maximum Gasteiger partial charge on any atom is 0.289 e. The van der Waals surface area contributed by atoms with Crippen molar-refractivity contribution in [2.45, 2.75) is 13.5 Å². The summed E-state index contributed by atoms with van der Waals surface area (Å²) in [5.74, 6) is 0.250. The van der Waals surface area contributed by atoms with E-state index < -0.39 is 0 Å². The van der Waals surface area contributed by atoms with E-state index in [1.807, 2.05) is 6.92 Å². The number of hydrogen-bond acceptors (Lipinski definition) is 4. The first kappa shape index (κ1) is 10.9. The zero-order valence-electron chi connectivity index (χ0n) is 9.14. The molecule has 2 aromatic rings. The molecule has 2 aromatic heterocycles. The lowest BCUT2D eigenvalue weighted by molar-refractivity contribution is 0.0755. The number of aromatic nitrogens is 1. The minimum atomic E-state index is -0.115. The van der Waals surface area contributed by atoms with Crippen molar-refractivity contribution in [3.8, 4) is 0 Å². The van der Waals surface area contributed by atoms with E-state index in [4.69, 9.17) is 4.42 Å². The summed E-state index contributed by atoms with van der Waals surface area (Å²) in [6.07, 6.45) is 3.30. The first-order valence-electron chi connectivity index (χ1n) is 4.87. The minimum absolute atomic E-state index is 0.115. The summed E-state index contributed by atoms with van der Waals surface area (Å²) in [5, 5.41) is 1.01. The Balaban J connectivity index is 2.03. The number of hydrogen-bond donors (Lipinski definition) is 0. The lowest BCUT2D eigenvalue weighted by Crippen LogP contribution is -2.25. The van der Waals surface area contributed by atoms with Crippen LogP contribution in [-0.4, -0.2) is 22.8 Å². The van der Waals surface area contributed by atoms with Crippen LogP contribution in [0.1, 0.15) is 20.4 Å². The Hall–Kier alpha value is -1.62. The first-order valence-corrected chi connectivity index (χ1v) is 5.69. The molecule has 2 heterocycles. The molecule has 16 heavy (non-hydrogen) atoms. The molecule has 0 radical (unpaired) electrons. The Bertz CT molecular complexity index is 476. The Morgan fingerprint density at radius 3 is 3.00 bits per heavy atom. The molecular formula is C11H12N2O2S. The second-order valence-corrected chi connectivity index (χ2v) is 4.80. The van der Waals surface area contributed by atoms with Crippen molar-refractivity contribution in [1.82, 2.24) is 9.88 Å². The normalized spacial score (nSPS) is 10.4. The second kappa shape index (κ2) is 4.49. The maximum absolute atomic E-state index is 11.8. The van der Waals surface area contributed by atoms with Gasteiger partial charge in [0.05, 0.1) is 17.8 Å². The number of furan rings is 1. The molecule has 84 valence electrons. The van der Waals surface area contributed by atoms with Gasteiger partial charge in [0.2, 0.25) is 0 Å². The van der Waals surface area contributed by atoms with Crippen molar-refractivity contribution in [2.24, 2.45) is 0 Å².